The van der Waals surface area contributed by atoms with Gasteiger partial charge in [0.05, 0.1) is 0 Å². The van der Waals surface area contributed by atoms with Crippen molar-refractivity contribution in [3.05, 3.63) is 12.2 Å². The van der Waals surface area contributed by atoms with Gasteiger partial charge in [0.15, 0.2) is 0 Å². The van der Waals surface area contributed by atoms with E-state index in [1.807, 2.05) is 0 Å². The standard InChI is InChI=1S/C9H17N.C8H15N.C4H10/c1-3-6-9-7-4-5-8-10(9)2;1-9-7-3-2-4-8(9)6-5-7;1-4(2)3/h3,6,9H,4-5,7-8H2,1-2H3;7-8H,2-6H2,1H3;4H,1-3H3/b6-3-;;. The summed E-state index contributed by atoms with van der Waals surface area (Å²) in [6.45, 7) is 9.87. The van der Waals surface area contributed by atoms with Crippen molar-refractivity contribution in [3.8, 4) is 0 Å². The molecule has 0 aromatic carbocycles. The lowest BCUT2D eigenvalue weighted by Gasteiger charge is -2.30. The van der Waals surface area contributed by atoms with Crippen LogP contribution in [0.1, 0.15) is 79.1 Å². The molecule has 3 saturated heterocycles. The molecule has 3 heterocycles. The summed E-state index contributed by atoms with van der Waals surface area (Å²) in [5.74, 6) is 0.833. The van der Waals surface area contributed by atoms with Crippen LogP contribution in [-0.2, 0) is 0 Å². The van der Waals surface area contributed by atoms with Gasteiger partial charge in [-0.25, -0.2) is 0 Å². The van der Waals surface area contributed by atoms with Crippen LogP contribution in [0.4, 0.5) is 0 Å². The molecule has 0 aromatic heterocycles. The zero-order valence-electron chi connectivity index (χ0n) is 16.7. The van der Waals surface area contributed by atoms with Crippen LogP contribution >= 0.6 is 0 Å². The molecule has 0 aliphatic carbocycles. The molecular formula is C21H42N2. The second-order valence-corrected chi connectivity index (χ2v) is 8.28. The molecule has 23 heavy (non-hydrogen) atoms. The van der Waals surface area contributed by atoms with Gasteiger partial charge in [0.25, 0.3) is 0 Å². The van der Waals surface area contributed by atoms with Crippen LogP contribution < -0.4 is 0 Å². The molecular weight excluding hydrogens is 280 g/mol. The number of hydrogen-bond donors (Lipinski definition) is 0. The molecule has 0 spiro atoms. The van der Waals surface area contributed by atoms with Gasteiger partial charge in [-0.3, -0.25) is 4.90 Å². The first kappa shape index (κ1) is 20.7. The fraction of sp³-hybridized carbons (Fsp3) is 0.905. The van der Waals surface area contributed by atoms with Crippen molar-refractivity contribution >= 4 is 0 Å². The van der Waals surface area contributed by atoms with E-state index in [1.54, 1.807) is 0 Å². The highest BCUT2D eigenvalue weighted by molar-refractivity contribution is 4.93. The average molecular weight is 323 g/mol. The molecule has 0 aromatic rings. The second kappa shape index (κ2) is 11.3. The summed E-state index contributed by atoms with van der Waals surface area (Å²) in [6.07, 6.45) is 16.0. The Morgan fingerprint density at radius 1 is 0.826 bits per heavy atom. The van der Waals surface area contributed by atoms with Gasteiger partial charge in [-0.05, 0) is 72.0 Å². The van der Waals surface area contributed by atoms with Crippen molar-refractivity contribution in [2.75, 3.05) is 20.6 Å². The van der Waals surface area contributed by atoms with Crippen LogP contribution in [0.3, 0.4) is 0 Å². The molecule has 2 nitrogen and oxygen atoms in total. The monoisotopic (exact) mass is 322 g/mol. The minimum absolute atomic E-state index is 0.721. The van der Waals surface area contributed by atoms with Gasteiger partial charge in [0.2, 0.25) is 0 Å². The third-order valence-electron chi connectivity index (χ3n) is 5.30. The zero-order valence-corrected chi connectivity index (χ0v) is 16.7. The molecule has 2 heteroatoms. The normalized spacial score (nSPS) is 31.5. The van der Waals surface area contributed by atoms with Crippen LogP contribution in [0.2, 0.25) is 0 Å². The molecule has 136 valence electrons. The maximum absolute atomic E-state index is 2.59. The highest BCUT2D eigenvalue weighted by Crippen LogP contribution is 2.33. The molecule has 3 rings (SSSR count). The van der Waals surface area contributed by atoms with Gasteiger partial charge in [-0.2, -0.15) is 0 Å². The molecule has 0 saturated carbocycles. The Morgan fingerprint density at radius 2 is 1.39 bits per heavy atom. The molecule has 0 amide bonds. The Kier molecular flexibility index (Phi) is 10.1. The summed E-state index contributed by atoms with van der Waals surface area (Å²) in [5, 5.41) is 0. The predicted octanol–water partition coefficient (Wildman–Crippen LogP) is 5.34. The van der Waals surface area contributed by atoms with Gasteiger partial charge in [-0.1, -0.05) is 45.8 Å². The van der Waals surface area contributed by atoms with E-state index in [0.717, 1.165) is 24.0 Å². The second-order valence-electron chi connectivity index (χ2n) is 8.28. The first-order chi connectivity index (χ1) is 11.0. The van der Waals surface area contributed by atoms with Crippen molar-refractivity contribution < 1.29 is 0 Å². The molecule has 0 N–H and O–H groups in total. The topological polar surface area (TPSA) is 6.48 Å². The number of likely N-dealkylation sites (N-methyl/N-ethyl adjacent to an activating group) is 1. The van der Waals surface area contributed by atoms with E-state index < -0.39 is 0 Å². The van der Waals surface area contributed by atoms with E-state index in [1.165, 1.54) is 57.9 Å². The number of rotatable bonds is 1. The zero-order chi connectivity index (χ0) is 17.2. The van der Waals surface area contributed by atoms with Gasteiger partial charge < -0.3 is 4.90 Å². The number of piperidine rings is 2. The number of allylic oxidation sites excluding steroid dienone is 1. The highest BCUT2D eigenvalue weighted by Gasteiger charge is 2.33. The van der Waals surface area contributed by atoms with Crippen LogP contribution in [0.15, 0.2) is 12.2 Å². The Labute approximate surface area is 146 Å². The van der Waals surface area contributed by atoms with Crippen LogP contribution in [-0.4, -0.2) is 48.6 Å². The van der Waals surface area contributed by atoms with E-state index in [4.69, 9.17) is 0 Å². The fourth-order valence-electron chi connectivity index (χ4n) is 3.94. The summed E-state index contributed by atoms with van der Waals surface area (Å²) in [4.78, 5) is 5.02. The lowest BCUT2D eigenvalue weighted by Crippen LogP contribution is -2.35. The lowest BCUT2D eigenvalue weighted by atomic mass is 10.0. The lowest BCUT2D eigenvalue weighted by molar-refractivity contribution is 0.179. The van der Waals surface area contributed by atoms with Crippen molar-refractivity contribution in [1.82, 2.24) is 9.80 Å². The Balaban J connectivity index is 0.000000189. The third kappa shape index (κ3) is 7.85. The van der Waals surface area contributed by atoms with E-state index in [-0.39, 0.29) is 0 Å². The first-order valence-corrected chi connectivity index (χ1v) is 10.0. The van der Waals surface area contributed by atoms with Crippen molar-refractivity contribution in [3.63, 3.8) is 0 Å². The predicted molar refractivity (Wildman–Crippen MR) is 104 cm³/mol. The largest absolute Gasteiger partial charge is 0.300 e. The molecule has 3 aliphatic rings. The third-order valence-corrected chi connectivity index (χ3v) is 5.30. The Bertz CT molecular complexity index is 305. The minimum Gasteiger partial charge on any atom is -0.300 e. The van der Waals surface area contributed by atoms with Gasteiger partial charge in [-0.15, -0.1) is 0 Å². The van der Waals surface area contributed by atoms with Crippen molar-refractivity contribution in [1.29, 1.82) is 0 Å². The molecule has 0 radical (unpaired) electrons. The van der Waals surface area contributed by atoms with Crippen molar-refractivity contribution in [2.24, 2.45) is 5.92 Å². The van der Waals surface area contributed by atoms with Crippen LogP contribution in [0.5, 0.6) is 0 Å². The number of fused-ring (bicyclic) bond motifs is 2. The maximum Gasteiger partial charge on any atom is 0.0275 e. The molecule has 3 fully saturated rings. The summed E-state index contributed by atoms with van der Waals surface area (Å²) < 4.78 is 0. The SMILES string of the molecule is C/C=C\C1CCCCN1C.CC(C)C.CN1C2CCCC1CC2. The fourth-order valence-corrected chi connectivity index (χ4v) is 3.94. The molecule has 3 unspecified atom stereocenters. The maximum atomic E-state index is 2.59. The Morgan fingerprint density at radius 3 is 1.83 bits per heavy atom. The minimum atomic E-state index is 0.721. The number of nitrogens with zero attached hydrogens (tertiary/aromatic N) is 2. The van der Waals surface area contributed by atoms with Gasteiger partial charge in [0.1, 0.15) is 0 Å². The quantitative estimate of drug-likeness (QED) is 0.601. The Hall–Kier alpha value is -0.340. The van der Waals surface area contributed by atoms with E-state index in [2.05, 4.69) is 63.7 Å². The van der Waals surface area contributed by atoms with Crippen molar-refractivity contribution in [2.45, 2.75) is 97.2 Å². The van der Waals surface area contributed by atoms with Crippen LogP contribution in [0.25, 0.3) is 0 Å². The first-order valence-electron chi connectivity index (χ1n) is 10.0. The summed E-state index contributed by atoms with van der Waals surface area (Å²) in [6, 6.07) is 2.64. The molecule has 2 bridgehead atoms. The highest BCUT2D eigenvalue weighted by atomic mass is 15.2. The van der Waals surface area contributed by atoms with Gasteiger partial charge >= 0.3 is 0 Å². The summed E-state index contributed by atoms with van der Waals surface area (Å²) in [5.41, 5.74) is 0. The summed E-state index contributed by atoms with van der Waals surface area (Å²) >= 11 is 0. The summed E-state index contributed by atoms with van der Waals surface area (Å²) in [7, 11) is 4.51. The van der Waals surface area contributed by atoms with Gasteiger partial charge in [0, 0.05) is 18.1 Å². The van der Waals surface area contributed by atoms with E-state index >= 15 is 0 Å². The van der Waals surface area contributed by atoms with Crippen LogP contribution in [0, 0.1) is 5.92 Å². The molecule has 3 atom stereocenters. The average Bonchev–Trinajstić information content (AvgIpc) is 2.72. The number of hydrogen-bond acceptors (Lipinski definition) is 2. The molecule has 3 aliphatic heterocycles. The number of likely N-dealkylation sites (tertiary alicyclic amines) is 1. The smallest absolute Gasteiger partial charge is 0.0275 e. The van der Waals surface area contributed by atoms with E-state index in [0.29, 0.717) is 0 Å². The van der Waals surface area contributed by atoms with E-state index in [9.17, 15) is 0 Å².